The second kappa shape index (κ2) is 10.5. The van der Waals surface area contributed by atoms with E-state index in [2.05, 4.69) is 5.32 Å². The Hall–Kier alpha value is -2.71. The molecule has 0 spiro atoms. The fourth-order valence-electron chi connectivity index (χ4n) is 4.13. The third-order valence-corrected chi connectivity index (χ3v) is 5.61. The van der Waals surface area contributed by atoms with Crippen LogP contribution in [0.1, 0.15) is 38.7 Å². The van der Waals surface area contributed by atoms with Crippen LogP contribution in [0.3, 0.4) is 0 Å². The summed E-state index contributed by atoms with van der Waals surface area (Å²) in [5, 5.41) is 12.3. The number of hydrogen-bond acceptors (Lipinski definition) is 6. The van der Waals surface area contributed by atoms with Gasteiger partial charge in [-0.3, -0.25) is 19.3 Å². The van der Waals surface area contributed by atoms with Crippen LogP contribution in [-0.2, 0) is 19.1 Å². The molecule has 3 amide bonds. The van der Waals surface area contributed by atoms with E-state index in [1.165, 1.54) is 11.8 Å². The quantitative estimate of drug-likeness (QED) is 0.459. The molecule has 0 bridgehead atoms. The number of aliphatic hydroxyl groups is 1. The van der Waals surface area contributed by atoms with Crippen molar-refractivity contribution < 1.29 is 24.2 Å². The van der Waals surface area contributed by atoms with Crippen LogP contribution in [0.5, 0.6) is 0 Å². The number of carbonyl (C=O) groups is 3. The lowest BCUT2D eigenvalue weighted by atomic mass is 9.97. The van der Waals surface area contributed by atoms with E-state index in [0.717, 1.165) is 12.8 Å². The molecule has 1 aromatic rings. The van der Waals surface area contributed by atoms with E-state index < -0.39 is 0 Å². The molecule has 1 saturated heterocycles. The van der Waals surface area contributed by atoms with Crippen LogP contribution in [0.15, 0.2) is 30.0 Å². The zero-order valence-corrected chi connectivity index (χ0v) is 18.2. The Bertz CT molecular complexity index is 849. The van der Waals surface area contributed by atoms with Gasteiger partial charge in [-0.15, -0.1) is 0 Å². The van der Waals surface area contributed by atoms with E-state index in [-0.39, 0.29) is 30.2 Å². The van der Waals surface area contributed by atoms with Gasteiger partial charge in [0.15, 0.2) is 0 Å². The number of rotatable bonds is 9. The predicted molar refractivity (Wildman–Crippen MR) is 117 cm³/mol. The van der Waals surface area contributed by atoms with Crippen molar-refractivity contribution in [2.24, 2.45) is 5.92 Å². The molecule has 2 aliphatic heterocycles. The number of hydrogen-bond donors (Lipinski definition) is 2. The van der Waals surface area contributed by atoms with E-state index in [0.29, 0.717) is 61.8 Å². The summed E-state index contributed by atoms with van der Waals surface area (Å²) in [5.41, 5.74) is 2.06. The van der Waals surface area contributed by atoms with Gasteiger partial charge in [0.25, 0.3) is 11.8 Å². The zero-order chi connectivity index (χ0) is 22.4. The molecule has 8 nitrogen and oxygen atoms in total. The van der Waals surface area contributed by atoms with Gasteiger partial charge in [-0.05, 0) is 49.8 Å². The summed E-state index contributed by atoms with van der Waals surface area (Å²) in [5.74, 6) is -0.695. The highest BCUT2D eigenvalue weighted by Crippen LogP contribution is 2.34. The topological polar surface area (TPSA) is 99.2 Å². The number of anilines is 1. The van der Waals surface area contributed by atoms with Crippen molar-refractivity contribution in [1.82, 2.24) is 9.80 Å². The largest absolute Gasteiger partial charge is 0.396 e. The summed E-state index contributed by atoms with van der Waals surface area (Å²) in [6.45, 7) is 5.99. The van der Waals surface area contributed by atoms with Crippen LogP contribution in [0.25, 0.3) is 5.57 Å². The molecule has 8 heteroatoms. The Morgan fingerprint density at radius 3 is 2.61 bits per heavy atom. The molecule has 1 fully saturated rings. The molecule has 1 unspecified atom stereocenters. The zero-order valence-electron chi connectivity index (χ0n) is 18.2. The van der Waals surface area contributed by atoms with Crippen LogP contribution in [0, 0.1) is 5.92 Å². The van der Waals surface area contributed by atoms with E-state index in [4.69, 9.17) is 4.74 Å². The third-order valence-electron chi connectivity index (χ3n) is 5.61. The maximum Gasteiger partial charge on any atom is 0.277 e. The van der Waals surface area contributed by atoms with Gasteiger partial charge in [-0.25, -0.2) is 0 Å². The first kappa shape index (κ1) is 23.0. The normalized spacial score (nSPS) is 19.4. The van der Waals surface area contributed by atoms with Crippen LogP contribution < -0.4 is 5.32 Å². The summed E-state index contributed by atoms with van der Waals surface area (Å²) in [4.78, 5) is 41.2. The van der Waals surface area contributed by atoms with Crippen molar-refractivity contribution in [3.05, 3.63) is 35.5 Å². The molecular formula is C23H31N3O5. The Morgan fingerprint density at radius 2 is 1.97 bits per heavy atom. The van der Waals surface area contributed by atoms with Gasteiger partial charge in [-0.1, -0.05) is 12.1 Å². The van der Waals surface area contributed by atoms with Crippen LogP contribution >= 0.6 is 0 Å². The van der Waals surface area contributed by atoms with Crippen LogP contribution in [-0.4, -0.2) is 72.1 Å². The highest BCUT2D eigenvalue weighted by molar-refractivity contribution is 6.35. The Balaban J connectivity index is 1.92. The number of benzene rings is 1. The van der Waals surface area contributed by atoms with Gasteiger partial charge in [0.05, 0.1) is 5.57 Å². The van der Waals surface area contributed by atoms with Gasteiger partial charge < -0.3 is 20.1 Å². The van der Waals surface area contributed by atoms with E-state index in [9.17, 15) is 19.5 Å². The number of ether oxygens (including phenoxy) is 1. The fourth-order valence-corrected chi connectivity index (χ4v) is 4.13. The molecule has 2 aliphatic rings. The number of aliphatic hydroxyl groups excluding tert-OH is 1. The van der Waals surface area contributed by atoms with Gasteiger partial charge in [0.1, 0.15) is 5.70 Å². The van der Waals surface area contributed by atoms with Crippen molar-refractivity contribution in [2.45, 2.75) is 33.1 Å². The Kier molecular flexibility index (Phi) is 7.81. The van der Waals surface area contributed by atoms with Crippen molar-refractivity contribution in [3.63, 3.8) is 0 Å². The number of carbonyl (C=O) groups excluding carboxylic acids is 3. The fraction of sp³-hybridized carbons (Fsp3) is 0.522. The predicted octanol–water partition coefficient (Wildman–Crippen LogP) is 1.86. The average molecular weight is 430 g/mol. The molecule has 2 N–H and O–H groups in total. The highest BCUT2D eigenvalue weighted by Gasteiger charge is 2.42. The van der Waals surface area contributed by atoms with Crippen molar-refractivity contribution in [1.29, 1.82) is 0 Å². The SMILES string of the molecule is CCOCCCN1C(=O)C(c2ccc(NC(C)=O)cc2)=C(N2CCCC(CO)C2)C1=O. The average Bonchev–Trinajstić information content (AvgIpc) is 3.01. The molecule has 2 heterocycles. The standard InChI is InChI=1S/C23H31N3O5/c1-3-31-13-5-12-26-22(29)20(18-7-9-19(10-8-18)24-16(2)28)21(23(26)30)25-11-4-6-17(14-25)15-27/h7-10,17,27H,3-6,11-15H2,1-2H3,(H,24,28). The van der Waals surface area contributed by atoms with Gasteiger partial charge in [-0.2, -0.15) is 0 Å². The first-order chi connectivity index (χ1) is 15.0. The molecule has 0 saturated carbocycles. The smallest absolute Gasteiger partial charge is 0.277 e. The van der Waals surface area contributed by atoms with Gasteiger partial charge in [0.2, 0.25) is 5.91 Å². The molecule has 0 aromatic heterocycles. The first-order valence-corrected chi connectivity index (χ1v) is 10.9. The molecule has 31 heavy (non-hydrogen) atoms. The Morgan fingerprint density at radius 1 is 1.23 bits per heavy atom. The number of likely N-dealkylation sites (tertiary alicyclic amines) is 1. The molecule has 1 aromatic carbocycles. The monoisotopic (exact) mass is 429 g/mol. The summed E-state index contributed by atoms with van der Waals surface area (Å²) >= 11 is 0. The lowest BCUT2D eigenvalue weighted by Gasteiger charge is -2.34. The lowest BCUT2D eigenvalue weighted by Crippen LogP contribution is -2.40. The number of piperidine rings is 1. The van der Waals surface area contributed by atoms with Gasteiger partial charge in [0, 0.05) is 52.1 Å². The summed E-state index contributed by atoms with van der Waals surface area (Å²) < 4.78 is 5.36. The molecule has 0 radical (unpaired) electrons. The van der Waals surface area contributed by atoms with E-state index in [1.807, 2.05) is 11.8 Å². The lowest BCUT2D eigenvalue weighted by molar-refractivity contribution is -0.138. The van der Waals surface area contributed by atoms with E-state index >= 15 is 0 Å². The van der Waals surface area contributed by atoms with Crippen LogP contribution in [0.2, 0.25) is 0 Å². The minimum absolute atomic E-state index is 0.0603. The van der Waals surface area contributed by atoms with Crippen molar-refractivity contribution >= 4 is 29.0 Å². The Labute approximate surface area is 182 Å². The summed E-state index contributed by atoms with van der Waals surface area (Å²) in [6, 6.07) is 6.96. The number of nitrogens with zero attached hydrogens (tertiary/aromatic N) is 2. The maximum absolute atomic E-state index is 13.3. The highest BCUT2D eigenvalue weighted by atomic mass is 16.5. The van der Waals surface area contributed by atoms with Crippen LogP contribution in [0.4, 0.5) is 5.69 Å². The summed E-state index contributed by atoms with van der Waals surface area (Å²) in [6.07, 6.45) is 2.34. The minimum atomic E-state index is -0.310. The number of nitrogens with one attached hydrogen (secondary N) is 1. The molecule has 168 valence electrons. The molecular weight excluding hydrogens is 398 g/mol. The number of amides is 3. The molecule has 3 rings (SSSR count). The maximum atomic E-state index is 13.3. The van der Waals surface area contributed by atoms with Gasteiger partial charge >= 0.3 is 0 Å². The van der Waals surface area contributed by atoms with E-state index in [1.54, 1.807) is 24.3 Å². The number of imide groups is 1. The second-order valence-electron chi connectivity index (χ2n) is 7.93. The molecule has 0 aliphatic carbocycles. The molecule has 1 atom stereocenters. The second-order valence-corrected chi connectivity index (χ2v) is 7.93. The van der Waals surface area contributed by atoms with Crippen molar-refractivity contribution in [2.75, 3.05) is 44.8 Å². The first-order valence-electron chi connectivity index (χ1n) is 10.9. The third kappa shape index (κ3) is 5.32. The minimum Gasteiger partial charge on any atom is -0.396 e. The summed E-state index contributed by atoms with van der Waals surface area (Å²) in [7, 11) is 0. The van der Waals surface area contributed by atoms with Crippen molar-refractivity contribution in [3.8, 4) is 0 Å².